The number of hydrogen-bond acceptors (Lipinski definition) is 3. The minimum absolute atomic E-state index is 0.0745. The summed E-state index contributed by atoms with van der Waals surface area (Å²) < 4.78 is 0. The molecule has 128 valence electrons. The van der Waals surface area contributed by atoms with Gasteiger partial charge in [-0.15, -0.1) is 0 Å². The summed E-state index contributed by atoms with van der Waals surface area (Å²) in [6, 6.07) is 3.27. The van der Waals surface area contributed by atoms with E-state index in [1.54, 1.807) is 23.2 Å². The molecule has 0 saturated carbocycles. The molecule has 5 heteroatoms. The molecule has 3 rings (SSSR count). The standard InChI is InChI=1S/C19H25N3O2/c23-18(21-10-8-15-6-2-1-3-7-15)16-9-11-20-17(14-16)19(24)22-12-4-5-13-22/h6,9,11,14H,1-5,7-8,10,12-13H2,(H,21,23). The second-order valence-corrected chi connectivity index (χ2v) is 6.54. The topological polar surface area (TPSA) is 62.3 Å². The van der Waals surface area contributed by atoms with Gasteiger partial charge in [-0.1, -0.05) is 11.6 Å². The summed E-state index contributed by atoms with van der Waals surface area (Å²) in [6.07, 6.45) is 11.7. The van der Waals surface area contributed by atoms with Gasteiger partial charge < -0.3 is 10.2 Å². The number of nitrogens with zero attached hydrogens (tertiary/aromatic N) is 2. The Kier molecular flexibility index (Phi) is 5.62. The van der Waals surface area contributed by atoms with E-state index in [4.69, 9.17) is 0 Å². The third-order valence-electron chi connectivity index (χ3n) is 4.75. The lowest BCUT2D eigenvalue weighted by molar-refractivity contribution is 0.0787. The summed E-state index contributed by atoms with van der Waals surface area (Å²) in [6.45, 7) is 2.21. The zero-order chi connectivity index (χ0) is 16.8. The molecule has 0 atom stereocenters. The Balaban J connectivity index is 1.55. The molecule has 2 aliphatic rings. The van der Waals surface area contributed by atoms with E-state index in [1.807, 2.05) is 0 Å². The second-order valence-electron chi connectivity index (χ2n) is 6.54. The number of carbonyl (C=O) groups excluding carboxylic acids is 2. The highest BCUT2D eigenvalue weighted by atomic mass is 16.2. The highest BCUT2D eigenvalue weighted by Crippen LogP contribution is 2.19. The maximum Gasteiger partial charge on any atom is 0.272 e. The van der Waals surface area contributed by atoms with Crippen molar-refractivity contribution < 1.29 is 9.59 Å². The van der Waals surface area contributed by atoms with Crippen molar-refractivity contribution >= 4 is 11.8 Å². The number of hydrogen-bond donors (Lipinski definition) is 1. The fourth-order valence-corrected chi connectivity index (χ4v) is 3.34. The highest BCUT2D eigenvalue weighted by Gasteiger charge is 2.21. The SMILES string of the molecule is O=C(NCCC1=CCCCC1)c1ccnc(C(=O)N2CCCC2)c1. The van der Waals surface area contributed by atoms with Crippen molar-refractivity contribution in [2.45, 2.75) is 44.9 Å². The van der Waals surface area contributed by atoms with Crippen LogP contribution in [0.5, 0.6) is 0 Å². The summed E-state index contributed by atoms with van der Waals surface area (Å²) in [5, 5.41) is 2.95. The van der Waals surface area contributed by atoms with Crippen molar-refractivity contribution in [2.24, 2.45) is 0 Å². The molecule has 1 fully saturated rings. The van der Waals surface area contributed by atoms with Gasteiger partial charge in [-0.3, -0.25) is 14.6 Å². The summed E-state index contributed by atoms with van der Waals surface area (Å²) in [4.78, 5) is 30.6. The molecule has 1 N–H and O–H groups in total. The number of likely N-dealkylation sites (tertiary alicyclic amines) is 1. The molecule has 0 spiro atoms. The molecule has 0 aromatic carbocycles. The third-order valence-corrected chi connectivity index (χ3v) is 4.75. The minimum Gasteiger partial charge on any atom is -0.352 e. The number of pyridine rings is 1. The van der Waals surface area contributed by atoms with Gasteiger partial charge in [0.2, 0.25) is 0 Å². The zero-order valence-electron chi connectivity index (χ0n) is 14.1. The van der Waals surface area contributed by atoms with Crippen LogP contribution in [0.15, 0.2) is 30.0 Å². The number of amides is 2. The predicted molar refractivity (Wildman–Crippen MR) is 92.9 cm³/mol. The van der Waals surface area contributed by atoms with Gasteiger partial charge in [-0.2, -0.15) is 0 Å². The van der Waals surface area contributed by atoms with Crippen molar-refractivity contribution in [1.29, 1.82) is 0 Å². The van der Waals surface area contributed by atoms with Crippen LogP contribution >= 0.6 is 0 Å². The van der Waals surface area contributed by atoms with Crippen LogP contribution < -0.4 is 5.32 Å². The van der Waals surface area contributed by atoms with Crippen LogP contribution in [-0.2, 0) is 0 Å². The van der Waals surface area contributed by atoms with E-state index >= 15 is 0 Å². The maximum absolute atomic E-state index is 12.4. The van der Waals surface area contributed by atoms with E-state index in [-0.39, 0.29) is 11.8 Å². The van der Waals surface area contributed by atoms with Crippen LogP contribution in [0.4, 0.5) is 0 Å². The molecular formula is C19H25N3O2. The largest absolute Gasteiger partial charge is 0.352 e. The number of aromatic nitrogens is 1. The maximum atomic E-state index is 12.4. The average Bonchev–Trinajstić information content (AvgIpc) is 3.16. The molecule has 0 radical (unpaired) electrons. The lowest BCUT2D eigenvalue weighted by atomic mass is 9.97. The van der Waals surface area contributed by atoms with Crippen LogP contribution in [0, 0.1) is 0 Å². The van der Waals surface area contributed by atoms with Gasteiger partial charge in [0.05, 0.1) is 0 Å². The number of allylic oxidation sites excluding steroid dienone is 1. The van der Waals surface area contributed by atoms with Crippen LogP contribution in [0.2, 0.25) is 0 Å². The van der Waals surface area contributed by atoms with Crippen LogP contribution in [-0.4, -0.2) is 41.3 Å². The van der Waals surface area contributed by atoms with Gasteiger partial charge in [0.15, 0.2) is 0 Å². The first-order valence-corrected chi connectivity index (χ1v) is 8.95. The molecule has 24 heavy (non-hydrogen) atoms. The van der Waals surface area contributed by atoms with E-state index < -0.39 is 0 Å². The number of carbonyl (C=O) groups is 2. The molecule has 5 nitrogen and oxygen atoms in total. The summed E-state index contributed by atoms with van der Waals surface area (Å²) >= 11 is 0. The first-order chi connectivity index (χ1) is 11.7. The molecule has 1 aliphatic heterocycles. The minimum atomic E-state index is -0.135. The monoisotopic (exact) mass is 327 g/mol. The molecule has 2 heterocycles. The first-order valence-electron chi connectivity index (χ1n) is 8.95. The van der Waals surface area contributed by atoms with Crippen LogP contribution in [0.1, 0.15) is 65.8 Å². The third kappa shape index (κ3) is 4.22. The van der Waals surface area contributed by atoms with Gasteiger partial charge in [-0.05, 0) is 57.1 Å². The number of rotatable bonds is 5. The Bertz CT molecular complexity index is 633. The summed E-state index contributed by atoms with van der Waals surface area (Å²) in [7, 11) is 0. The van der Waals surface area contributed by atoms with Crippen molar-refractivity contribution in [3.8, 4) is 0 Å². The van der Waals surface area contributed by atoms with Crippen molar-refractivity contribution in [3.05, 3.63) is 41.2 Å². The number of nitrogens with one attached hydrogen (secondary N) is 1. The lowest BCUT2D eigenvalue weighted by Gasteiger charge is -2.15. The van der Waals surface area contributed by atoms with Crippen molar-refractivity contribution in [3.63, 3.8) is 0 Å². The van der Waals surface area contributed by atoms with Crippen molar-refractivity contribution in [1.82, 2.24) is 15.2 Å². The van der Waals surface area contributed by atoms with Crippen LogP contribution in [0.3, 0.4) is 0 Å². The molecule has 2 amide bonds. The highest BCUT2D eigenvalue weighted by molar-refractivity contribution is 5.98. The second kappa shape index (κ2) is 8.08. The zero-order valence-corrected chi connectivity index (χ0v) is 14.1. The molecule has 1 aromatic heterocycles. The Morgan fingerprint density at radius 1 is 1.17 bits per heavy atom. The quantitative estimate of drug-likeness (QED) is 0.846. The molecule has 0 unspecified atom stereocenters. The van der Waals surface area contributed by atoms with Gasteiger partial charge in [0, 0.05) is 31.4 Å². The Hall–Kier alpha value is -2.17. The smallest absolute Gasteiger partial charge is 0.272 e. The van der Waals surface area contributed by atoms with E-state index in [0.717, 1.165) is 45.2 Å². The van der Waals surface area contributed by atoms with Gasteiger partial charge in [0.1, 0.15) is 5.69 Å². The Labute approximate surface area is 143 Å². The van der Waals surface area contributed by atoms with E-state index in [9.17, 15) is 9.59 Å². The molecular weight excluding hydrogens is 302 g/mol. The van der Waals surface area contributed by atoms with E-state index in [1.165, 1.54) is 18.4 Å². The molecule has 1 aromatic rings. The molecule has 0 bridgehead atoms. The van der Waals surface area contributed by atoms with Gasteiger partial charge >= 0.3 is 0 Å². The first kappa shape index (κ1) is 16.7. The Morgan fingerprint density at radius 2 is 2.00 bits per heavy atom. The van der Waals surface area contributed by atoms with E-state index in [0.29, 0.717) is 17.8 Å². The van der Waals surface area contributed by atoms with E-state index in [2.05, 4.69) is 16.4 Å². The molecule has 1 saturated heterocycles. The predicted octanol–water partition coefficient (Wildman–Crippen LogP) is 2.94. The van der Waals surface area contributed by atoms with Crippen molar-refractivity contribution in [2.75, 3.05) is 19.6 Å². The average molecular weight is 327 g/mol. The molecule has 1 aliphatic carbocycles. The van der Waals surface area contributed by atoms with Crippen LogP contribution in [0.25, 0.3) is 0 Å². The summed E-state index contributed by atoms with van der Waals surface area (Å²) in [5.74, 6) is -0.209. The van der Waals surface area contributed by atoms with Gasteiger partial charge in [-0.25, -0.2) is 0 Å². The fraction of sp³-hybridized carbons (Fsp3) is 0.526. The Morgan fingerprint density at radius 3 is 2.75 bits per heavy atom. The normalized spacial score (nSPS) is 17.5. The summed E-state index contributed by atoms with van der Waals surface area (Å²) in [5.41, 5.74) is 2.31. The lowest BCUT2D eigenvalue weighted by Crippen LogP contribution is -2.29. The fourth-order valence-electron chi connectivity index (χ4n) is 3.34. The van der Waals surface area contributed by atoms with Gasteiger partial charge in [0.25, 0.3) is 11.8 Å².